The van der Waals surface area contributed by atoms with E-state index in [4.69, 9.17) is 5.26 Å². The number of carbonyl (C=O) groups excluding carboxylic acids is 1. The van der Waals surface area contributed by atoms with E-state index in [0.717, 1.165) is 0 Å². The van der Waals surface area contributed by atoms with Gasteiger partial charge in [-0.25, -0.2) is 8.42 Å². The predicted molar refractivity (Wildman–Crippen MR) is 54.7 cm³/mol. The van der Waals surface area contributed by atoms with Crippen LogP contribution in [0.25, 0.3) is 0 Å². The fourth-order valence-electron chi connectivity index (χ4n) is 1.16. The Balaban J connectivity index is 4.66. The summed E-state index contributed by atoms with van der Waals surface area (Å²) in [7, 11) is -2.34. The maximum atomic E-state index is 11.6. The third-order valence-corrected chi connectivity index (χ3v) is 4.30. The summed E-state index contributed by atoms with van der Waals surface area (Å²) in [6.45, 7) is 3.09. The Hall–Kier alpha value is -1.09. The molecular weight excluding hydrogens is 218 g/mol. The molecule has 0 radical (unpaired) electrons. The van der Waals surface area contributed by atoms with Crippen LogP contribution in [-0.2, 0) is 19.4 Å². The lowest BCUT2D eigenvalue weighted by molar-refractivity contribution is -0.144. The van der Waals surface area contributed by atoms with Gasteiger partial charge in [-0.15, -0.1) is 0 Å². The highest BCUT2D eigenvalue weighted by Crippen LogP contribution is 2.11. The second-order valence-electron chi connectivity index (χ2n) is 3.28. The maximum absolute atomic E-state index is 11.6. The van der Waals surface area contributed by atoms with Gasteiger partial charge in [0.05, 0.1) is 24.8 Å². The molecule has 0 spiro atoms. The van der Waals surface area contributed by atoms with Crippen molar-refractivity contribution >= 4 is 15.8 Å². The highest BCUT2D eigenvalue weighted by molar-refractivity contribution is 7.92. The molecule has 0 aromatic rings. The Morgan fingerprint density at radius 3 is 2.40 bits per heavy atom. The Bertz CT molecular complexity index is 355. The SMILES string of the molecule is CCC(C#N)S(=O)(=O)CC(C)C(=O)OC. The molecular formula is C9H15NO4S. The number of carbonyl (C=O) groups is 1. The maximum Gasteiger partial charge on any atom is 0.309 e. The quantitative estimate of drug-likeness (QED) is 0.646. The summed E-state index contributed by atoms with van der Waals surface area (Å²) in [5, 5.41) is 7.59. The molecule has 0 aliphatic carbocycles. The Kier molecular flexibility index (Phi) is 5.29. The normalized spacial score (nSPS) is 15.1. The molecule has 0 saturated carbocycles. The van der Waals surface area contributed by atoms with Crippen LogP contribution in [0.15, 0.2) is 0 Å². The summed E-state index contributed by atoms with van der Waals surface area (Å²) in [5.41, 5.74) is 0. The first-order valence-corrected chi connectivity index (χ1v) is 6.29. The molecule has 0 aliphatic rings. The summed E-state index contributed by atoms with van der Waals surface area (Å²) in [6, 6.07) is 1.71. The van der Waals surface area contributed by atoms with Crippen LogP contribution in [0.4, 0.5) is 0 Å². The summed E-state index contributed by atoms with van der Waals surface area (Å²) < 4.78 is 27.6. The second kappa shape index (κ2) is 5.71. The van der Waals surface area contributed by atoms with Crippen LogP contribution in [0.5, 0.6) is 0 Å². The molecule has 0 amide bonds. The Morgan fingerprint density at radius 2 is 2.07 bits per heavy atom. The Labute approximate surface area is 90.0 Å². The number of nitrogens with zero attached hydrogens (tertiary/aromatic N) is 1. The molecule has 5 nitrogen and oxygen atoms in total. The van der Waals surface area contributed by atoms with Gasteiger partial charge < -0.3 is 4.74 Å². The van der Waals surface area contributed by atoms with Crippen molar-refractivity contribution in [2.24, 2.45) is 5.92 Å². The molecule has 0 N–H and O–H groups in total. The van der Waals surface area contributed by atoms with Crippen molar-refractivity contribution in [3.05, 3.63) is 0 Å². The topological polar surface area (TPSA) is 84.2 Å². The van der Waals surface area contributed by atoms with Crippen molar-refractivity contribution in [3.8, 4) is 6.07 Å². The van der Waals surface area contributed by atoms with Crippen molar-refractivity contribution in [3.63, 3.8) is 0 Å². The molecule has 0 fully saturated rings. The van der Waals surface area contributed by atoms with Crippen LogP contribution in [0.2, 0.25) is 0 Å². The zero-order chi connectivity index (χ0) is 12.1. The van der Waals surface area contributed by atoms with Crippen LogP contribution in [0.3, 0.4) is 0 Å². The molecule has 2 atom stereocenters. The third kappa shape index (κ3) is 3.88. The lowest BCUT2D eigenvalue weighted by Crippen LogP contribution is -2.29. The van der Waals surface area contributed by atoms with Crippen LogP contribution in [-0.4, -0.2) is 32.5 Å². The molecule has 0 aromatic carbocycles. The van der Waals surface area contributed by atoms with Crippen LogP contribution < -0.4 is 0 Å². The minimum absolute atomic E-state index is 0.229. The molecule has 0 rings (SSSR count). The van der Waals surface area contributed by atoms with Crippen molar-refractivity contribution < 1.29 is 17.9 Å². The van der Waals surface area contributed by atoms with Gasteiger partial charge in [0.25, 0.3) is 0 Å². The highest BCUT2D eigenvalue weighted by Gasteiger charge is 2.28. The number of hydrogen-bond acceptors (Lipinski definition) is 5. The lowest BCUT2D eigenvalue weighted by atomic mass is 10.2. The number of sulfone groups is 1. The minimum Gasteiger partial charge on any atom is -0.469 e. The standard InChI is InChI=1S/C9H15NO4S/c1-4-8(5-10)15(12,13)6-7(2)9(11)14-3/h7-8H,4,6H2,1-3H3. The highest BCUT2D eigenvalue weighted by atomic mass is 32.2. The van der Waals surface area contributed by atoms with Crippen molar-refractivity contribution in [1.82, 2.24) is 0 Å². The first kappa shape index (κ1) is 13.9. The van der Waals surface area contributed by atoms with Gasteiger partial charge in [0.2, 0.25) is 0 Å². The number of hydrogen-bond donors (Lipinski definition) is 0. The van der Waals surface area contributed by atoms with E-state index in [0.29, 0.717) is 0 Å². The third-order valence-electron chi connectivity index (χ3n) is 2.03. The van der Waals surface area contributed by atoms with Crippen molar-refractivity contribution in [2.45, 2.75) is 25.5 Å². The fourth-order valence-corrected chi connectivity index (χ4v) is 2.89. The van der Waals surface area contributed by atoms with Gasteiger partial charge in [0.1, 0.15) is 5.25 Å². The molecule has 86 valence electrons. The molecule has 2 unspecified atom stereocenters. The van der Waals surface area contributed by atoms with E-state index in [9.17, 15) is 13.2 Å². The van der Waals surface area contributed by atoms with Gasteiger partial charge in [0, 0.05) is 0 Å². The molecule has 6 heteroatoms. The zero-order valence-electron chi connectivity index (χ0n) is 9.06. The average molecular weight is 233 g/mol. The van der Waals surface area contributed by atoms with Gasteiger partial charge in [-0.2, -0.15) is 5.26 Å². The molecule has 0 heterocycles. The van der Waals surface area contributed by atoms with Gasteiger partial charge in [-0.05, 0) is 6.42 Å². The summed E-state index contributed by atoms with van der Waals surface area (Å²) in [4.78, 5) is 11.0. The average Bonchev–Trinajstić information content (AvgIpc) is 2.17. The van der Waals surface area contributed by atoms with E-state index >= 15 is 0 Å². The van der Waals surface area contributed by atoms with E-state index in [1.54, 1.807) is 13.0 Å². The van der Waals surface area contributed by atoms with Crippen LogP contribution in [0.1, 0.15) is 20.3 Å². The number of esters is 1. The van der Waals surface area contributed by atoms with Gasteiger partial charge in [-0.3, -0.25) is 4.79 Å². The number of methoxy groups -OCH3 is 1. The summed E-state index contributed by atoms with van der Waals surface area (Å²) in [5.74, 6) is -1.65. The first-order valence-electron chi connectivity index (χ1n) is 4.58. The number of rotatable bonds is 5. The second-order valence-corrected chi connectivity index (χ2v) is 5.51. The van der Waals surface area contributed by atoms with Crippen LogP contribution >= 0.6 is 0 Å². The van der Waals surface area contributed by atoms with E-state index in [-0.39, 0.29) is 12.2 Å². The summed E-state index contributed by atoms with van der Waals surface area (Å²) >= 11 is 0. The molecule has 15 heavy (non-hydrogen) atoms. The lowest BCUT2D eigenvalue weighted by Gasteiger charge is -2.12. The Morgan fingerprint density at radius 1 is 1.53 bits per heavy atom. The van der Waals surface area contributed by atoms with E-state index < -0.39 is 27.0 Å². The number of ether oxygens (including phenoxy) is 1. The van der Waals surface area contributed by atoms with E-state index in [1.165, 1.54) is 14.0 Å². The van der Waals surface area contributed by atoms with Crippen molar-refractivity contribution in [1.29, 1.82) is 5.26 Å². The van der Waals surface area contributed by atoms with Gasteiger partial charge in [0.15, 0.2) is 9.84 Å². The predicted octanol–water partition coefficient (Wildman–Crippen LogP) is 0.512. The molecule has 0 aromatic heterocycles. The zero-order valence-corrected chi connectivity index (χ0v) is 9.87. The van der Waals surface area contributed by atoms with Crippen LogP contribution in [0, 0.1) is 17.2 Å². The smallest absolute Gasteiger partial charge is 0.309 e. The first-order chi connectivity index (χ1) is 6.88. The fraction of sp³-hybridized carbons (Fsp3) is 0.778. The molecule has 0 saturated heterocycles. The van der Waals surface area contributed by atoms with E-state index in [2.05, 4.69) is 4.74 Å². The monoisotopic (exact) mass is 233 g/mol. The van der Waals surface area contributed by atoms with Gasteiger partial charge in [-0.1, -0.05) is 13.8 Å². The minimum atomic E-state index is -3.54. The van der Waals surface area contributed by atoms with E-state index in [1.807, 2.05) is 0 Å². The summed E-state index contributed by atoms with van der Waals surface area (Å²) in [6.07, 6.45) is 0.229. The molecule has 0 bridgehead atoms. The van der Waals surface area contributed by atoms with Crippen molar-refractivity contribution in [2.75, 3.05) is 12.9 Å². The molecule has 0 aliphatic heterocycles. The number of nitriles is 1. The largest absolute Gasteiger partial charge is 0.469 e. The van der Waals surface area contributed by atoms with Gasteiger partial charge >= 0.3 is 5.97 Å².